The van der Waals surface area contributed by atoms with Crippen molar-refractivity contribution in [3.63, 3.8) is 0 Å². The lowest BCUT2D eigenvalue weighted by molar-refractivity contribution is -0.294. The molecule has 4 rings (SSSR count). The SMILES string of the molecule is CCOC(=O)N1c2ccc(C(F)(F)F)cc2C(N(Cc2cc(C(F)(F)F)cc(C(F)(F)F)c2)C(=O)OC)CC1CCOC1OC(C(=O)O)C(O)C(O)C1O. The number of ether oxygens (including phenoxy) is 4. The third-order valence-corrected chi connectivity index (χ3v) is 8.63. The van der Waals surface area contributed by atoms with Crippen LogP contribution >= 0.6 is 0 Å². The van der Waals surface area contributed by atoms with Gasteiger partial charge in [0, 0.05) is 12.6 Å². The molecule has 300 valence electrons. The van der Waals surface area contributed by atoms with E-state index in [1.165, 1.54) is 6.92 Å². The highest BCUT2D eigenvalue weighted by Gasteiger charge is 2.48. The fourth-order valence-electron chi connectivity index (χ4n) is 6.12. The molecule has 2 aliphatic heterocycles. The second-order valence-electron chi connectivity index (χ2n) is 12.2. The number of methoxy groups -OCH3 is 1. The van der Waals surface area contributed by atoms with Crippen LogP contribution in [0.15, 0.2) is 36.4 Å². The summed E-state index contributed by atoms with van der Waals surface area (Å²) in [6.45, 7) is -0.495. The number of amides is 2. The largest absolute Gasteiger partial charge is 0.479 e. The molecular weight excluding hydrogens is 759 g/mol. The van der Waals surface area contributed by atoms with Gasteiger partial charge in [-0.15, -0.1) is 0 Å². The minimum absolute atomic E-state index is 0.157. The molecule has 13 nitrogen and oxygen atoms in total. The Bertz CT molecular complexity index is 1660. The number of carboxylic acids is 1. The first-order chi connectivity index (χ1) is 25.0. The van der Waals surface area contributed by atoms with Gasteiger partial charge < -0.3 is 39.4 Å². The van der Waals surface area contributed by atoms with E-state index in [-0.39, 0.29) is 24.8 Å². The van der Waals surface area contributed by atoms with E-state index in [9.17, 15) is 74.3 Å². The molecule has 4 N–H and O–H groups in total. The van der Waals surface area contributed by atoms with E-state index in [1.807, 2.05) is 0 Å². The van der Waals surface area contributed by atoms with Gasteiger partial charge in [-0.2, -0.15) is 39.5 Å². The topological polar surface area (TPSA) is 176 Å². The second-order valence-corrected chi connectivity index (χ2v) is 12.2. The van der Waals surface area contributed by atoms with Crippen LogP contribution in [0, 0.1) is 0 Å². The van der Waals surface area contributed by atoms with Gasteiger partial charge in [0.05, 0.1) is 48.7 Å². The van der Waals surface area contributed by atoms with E-state index in [1.54, 1.807) is 0 Å². The summed E-state index contributed by atoms with van der Waals surface area (Å²) in [5, 5.41) is 39.7. The average Bonchev–Trinajstić information content (AvgIpc) is 3.08. The maximum atomic E-state index is 14.0. The standard InChI is InChI=1S/C32H33F9N2O11/c1-3-52-29(50)43-18(6-7-53-27-24(46)22(44)23(45)25(54-27)26(47)48)12-21(19-11-15(30(33,34)35)4-5-20(19)43)42(28(49)51-2)13-14-8-16(31(36,37)38)10-17(9-14)32(39,40)41/h4-5,8-11,18,21-25,27,44-46H,3,6-7,12-13H2,1-2H3,(H,47,48). The number of aliphatic carboxylic acids is 1. The van der Waals surface area contributed by atoms with Crippen LogP contribution < -0.4 is 4.90 Å². The van der Waals surface area contributed by atoms with Crippen molar-refractivity contribution in [1.29, 1.82) is 0 Å². The van der Waals surface area contributed by atoms with E-state index >= 15 is 0 Å². The van der Waals surface area contributed by atoms with Gasteiger partial charge in [-0.05, 0) is 67.3 Å². The van der Waals surface area contributed by atoms with Crippen molar-refractivity contribution in [2.75, 3.05) is 25.2 Å². The number of alkyl halides is 9. The number of carbonyl (C=O) groups excluding carboxylic acids is 2. The molecule has 2 heterocycles. The number of fused-ring (bicyclic) bond motifs is 1. The number of rotatable bonds is 9. The van der Waals surface area contributed by atoms with Crippen LogP contribution in [0.2, 0.25) is 0 Å². The molecule has 2 amide bonds. The van der Waals surface area contributed by atoms with Gasteiger partial charge in [0.15, 0.2) is 12.4 Å². The van der Waals surface area contributed by atoms with Gasteiger partial charge in [0.1, 0.15) is 18.3 Å². The predicted octanol–water partition coefficient (Wildman–Crippen LogP) is 5.09. The van der Waals surface area contributed by atoms with Crippen molar-refractivity contribution < 1.29 is 93.3 Å². The fraction of sp³-hybridized carbons (Fsp3) is 0.531. The van der Waals surface area contributed by atoms with Crippen LogP contribution in [-0.2, 0) is 48.8 Å². The molecule has 2 aromatic carbocycles. The van der Waals surface area contributed by atoms with Gasteiger partial charge in [0.25, 0.3) is 0 Å². The van der Waals surface area contributed by atoms with Crippen LogP contribution in [0.4, 0.5) is 54.8 Å². The van der Waals surface area contributed by atoms with Crippen LogP contribution in [0.25, 0.3) is 0 Å². The second kappa shape index (κ2) is 16.2. The first-order valence-corrected chi connectivity index (χ1v) is 15.8. The molecule has 0 saturated carbocycles. The molecule has 0 bridgehead atoms. The monoisotopic (exact) mass is 792 g/mol. The number of halogens is 9. The molecule has 0 aromatic heterocycles. The Hall–Kier alpha value is -4.38. The minimum Gasteiger partial charge on any atom is -0.479 e. The molecule has 0 radical (unpaired) electrons. The minimum atomic E-state index is -5.29. The molecule has 54 heavy (non-hydrogen) atoms. The highest BCUT2D eigenvalue weighted by molar-refractivity contribution is 5.90. The summed E-state index contributed by atoms with van der Waals surface area (Å²) in [6, 6.07) is -0.436. The van der Waals surface area contributed by atoms with Gasteiger partial charge in [-0.1, -0.05) is 0 Å². The first kappa shape index (κ1) is 42.4. The van der Waals surface area contributed by atoms with Gasteiger partial charge in [0.2, 0.25) is 0 Å². The lowest BCUT2D eigenvalue weighted by Crippen LogP contribution is -2.60. The summed E-state index contributed by atoms with van der Waals surface area (Å²) >= 11 is 0. The zero-order valence-corrected chi connectivity index (χ0v) is 28.0. The van der Waals surface area contributed by atoms with Crippen molar-refractivity contribution in [1.82, 2.24) is 4.90 Å². The molecular formula is C32H33F9N2O11. The maximum absolute atomic E-state index is 14.0. The first-order valence-electron chi connectivity index (χ1n) is 15.8. The molecule has 0 aliphatic carbocycles. The van der Waals surface area contributed by atoms with Gasteiger partial charge >= 0.3 is 36.7 Å². The van der Waals surface area contributed by atoms with E-state index in [2.05, 4.69) is 0 Å². The molecule has 22 heteroatoms. The fourth-order valence-corrected chi connectivity index (χ4v) is 6.12. The number of benzene rings is 2. The lowest BCUT2D eigenvalue weighted by atomic mass is 9.87. The number of aliphatic hydroxyl groups is 3. The number of nitrogens with zero attached hydrogens (tertiary/aromatic N) is 2. The molecule has 7 unspecified atom stereocenters. The van der Waals surface area contributed by atoms with Crippen molar-refractivity contribution in [2.45, 2.75) is 87.6 Å². The quantitative estimate of drug-likeness (QED) is 0.249. The smallest absolute Gasteiger partial charge is 0.416 e. The number of hydrogen-bond donors (Lipinski definition) is 4. The van der Waals surface area contributed by atoms with E-state index in [4.69, 9.17) is 18.9 Å². The van der Waals surface area contributed by atoms with Crippen molar-refractivity contribution in [2.24, 2.45) is 0 Å². The third-order valence-electron chi connectivity index (χ3n) is 8.63. The number of carbonyl (C=O) groups is 3. The van der Waals surface area contributed by atoms with Crippen molar-refractivity contribution in [3.8, 4) is 0 Å². The maximum Gasteiger partial charge on any atom is 0.416 e. The zero-order chi connectivity index (χ0) is 40.5. The number of aliphatic hydroxyl groups excluding tert-OH is 3. The van der Waals surface area contributed by atoms with Crippen molar-refractivity contribution in [3.05, 3.63) is 64.2 Å². The van der Waals surface area contributed by atoms with Gasteiger partial charge in [-0.3, -0.25) is 9.80 Å². The van der Waals surface area contributed by atoms with Crippen LogP contribution in [-0.4, -0.2) is 101 Å². The summed E-state index contributed by atoms with van der Waals surface area (Å²) in [4.78, 5) is 39.6. The number of anilines is 1. The summed E-state index contributed by atoms with van der Waals surface area (Å²) in [5.41, 5.74) is -6.23. The Morgan fingerprint density at radius 2 is 1.46 bits per heavy atom. The highest BCUT2D eigenvalue weighted by atomic mass is 19.4. The molecule has 2 aliphatic rings. The third kappa shape index (κ3) is 9.28. The summed E-state index contributed by atoms with van der Waals surface area (Å²) in [7, 11) is 0.806. The van der Waals surface area contributed by atoms with Gasteiger partial charge in [-0.25, -0.2) is 14.4 Å². The van der Waals surface area contributed by atoms with Crippen LogP contribution in [0.5, 0.6) is 0 Å². The highest BCUT2D eigenvalue weighted by Crippen LogP contribution is 2.46. The summed E-state index contributed by atoms with van der Waals surface area (Å²) < 4.78 is 145. The summed E-state index contributed by atoms with van der Waals surface area (Å²) in [6.07, 6.45) is -29.1. The average molecular weight is 793 g/mol. The van der Waals surface area contributed by atoms with E-state index in [0.717, 1.165) is 18.1 Å². The molecule has 2 aromatic rings. The Labute approximate surface area is 299 Å². The molecule has 1 fully saturated rings. The Balaban J connectivity index is 1.81. The Morgan fingerprint density at radius 1 is 0.870 bits per heavy atom. The van der Waals surface area contributed by atoms with E-state index in [0.29, 0.717) is 29.2 Å². The molecule has 0 spiro atoms. The molecule has 7 atom stereocenters. The Kier molecular flexibility index (Phi) is 12.7. The number of carboxylic acid groups (broad SMARTS) is 1. The zero-order valence-electron chi connectivity index (χ0n) is 28.0. The summed E-state index contributed by atoms with van der Waals surface area (Å²) in [5.74, 6) is -1.73. The van der Waals surface area contributed by atoms with E-state index < -0.39 is 127 Å². The van der Waals surface area contributed by atoms with Crippen LogP contribution in [0.3, 0.4) is 0 Å². The van der Waals surface area contributed by atoms with Crippen molar-refractivity contribution >= 4 is 23.8 Å². The molecule has 1 saturated heterocycles. The predicted molar refractivity (Wildman–Crippen MR) is 161 cm³/mol. The van der Waals surface area contributed by atoms with Crippen LogP contribution in [0.1, 0.15) is 53.6 Å². The Morgan fingerprint density at radius 3 is 1.98 bits per heavy atom. The lowest BCUT2D eigenvalue weighted by Gasteiger charge is -2.44. The normalized spacial score (nSPS) is 24.8. The number of hydrogen-bond acceptors (Lipinski definition) is 10.